The summed E-state index contributed by atoms with van der Waals surface area (Å²) in [5.74, 6) is 0.0573. The quantitative estimate of drug-likeness (QED) is 0.478. The lowest BCUT2D eigenvalue weighted by molar-refractivity contribution is -0.122. The summed E-state index contributed by atoms with van der Waals surface area (Å²) >= 11 is 5.23. The Hall–Kier alpha value is -3.19. The van der Waals surface area contributed by atoms with Gasteiger partial charge in [0.05, 0.1) is 19.9 Å². The number of benzene rings is 2. The summed E-state index contributed by atoms with van der Waals surface area (Å²) in [6, 6.07) is 12.6. The number of ether oxygens (including phenoxy) is 2. The van der Waals surface area contributed by atoms with E-state index >= 15 is 0 Å². The number of methoxy groups -OCH3 is 2. The van der Waals surface area contributed by atoms with Crippen LogP contribution in [0.1, 0.15) is 18.1 Å². The minimum absolute atomic E-state index is 0.0309. The minimum Gasteiger partial charge on any atom is -0.497 e. The van der Waals surface area contributed by atoms with Crippen LogP contribution < -0.4 is 19.7 Å². The Kier molecular flexibility index (Phi) is 5.75. The molecule has 0 saturated carbocycles. The number of rotatable bonds is 5. The summed E-state index contributed by atoms with van der Waals surface area (Å²) in [6.45, 7) is 2.05. The van der Waals surface area contributed by atoms with Crippen LogP contribution in [0.2, 0.25) is 0 Å². The number of anilines is 1. The molecule has 2 aromatic carbocycles. The summed E-state index contributed by atoms with van der Waals surface area (Å²) in [6.07, 6.45) is 2.38. The third-order valence-electron chi connectivity index (χ3n) is 4.44. The predicted molar refractivity (Wildman–Crippen MR) is 112 cm³/mol. The van der Waals surface area contributed by atoms with Crippen LogP contribution in [0.4, 0.5) is 5.69 Å². The molecule has 2 amide bonds. The van der Waals surface area contributed by atoms with Crippen molar-refractivity contribution in [2.75, 3.05) is 19.1 Å². The van der Waals surface area contributed by atoms with E-state index in [1.807, 2.05) is 24.3 Å². The molecule has 1 aliphatic heterocycles. The third-order valence-corrected chi connectivity index (χ3v) is 4.73. The molecule has 2 aromatic rings. The van der Waals surface area contributed by atoms with Gasteiger partial charge in [0.1, 0.15) is 17.1 Å². The van der Waals surface area contributed by atoms with Crippen molar-refractivity contribution in [1.82, 2.24) is 5.32 Å². The van der Waals surface area contributed by atoms with Crippen molar-refractivity contribution in [3.05, 3.63) is 59.2 Å². The van der Waals surface area contributed by atoms with Crippen LogP contribution in [0.5, 0.6) is 11.5 Å². The van der Waals surface area contributed by atoms with Crippen molar-refractivity contribution in [2.24, 2.45) is 0 Å². The van der Waals surface area contributed by atoms with E-state index < -0.39 is 11.8 Å². The first kappa shape index (κ1) is 19.6. The highest BCUT2D eigenvalue weighted by molar-refractivity contribution is 7.80. The zero-order valence-corrected chi connectivity index (χ0v) is 16.6. The molecule has 1 heterocycles. The van der Waals surface area contributed by atoms with E-state index in [9.17, 15) is 9.59 Å². The van der Waals surface area contributed by atoms with Crippen LogP contribution in [-0.2, 0) is 16.0 Å². The average Bonchev–Trinajstić information content (AvgIpc) is 2.71. The molecule has 0 atom stereocenters. The van der Waals surface area contributed by atoms with Crippen molar-refractivity contribution in [3.8, 4) is 11.5 Å². The molecular weight excluding hydrogens is 376 g/mol. The van der Waals surface area contributed by atoms with Gasteiger partial charge in [-0.2, -0.15) is 0 Å². The van der Waals surface area contributed by atoms with Crippen LogP contribution in [0.25, 0.3) is 6.08 Å². The monoisotopic (exact) mass is 396 g/mol. The van der Waals surface area contributed by atoms with Gasteiger partial charge in [-0.15, -0.1) is 0 Å². The smallest absolute Gasteiger partial charge is 0.270 e. The fraction of sp³-hybridized carbons (Fsp3) is 0.190. The second kappa shape index (κ2) is 8.22. The van der Waals surface area contributed by atoms with Gasteiger partial charge in [-0.05, 0) is 54.5 Å². The van der Waals surface area contributed by atoms with Crippen molar-refractivity contribution in [2.45, 2.75) is 13.3 Å². The minimum atomic E-state index is -0.547. The molecule has 0 bridgehead atoms. The number of aryl methyl sites for hydroxylation is 1. The molecule has 7 heteroatoms. The SMILES string of the molecule is CCc1ccc(N2C(=O)C(=Cc3ccc(OC)cc3OC)C(=O)NC2=S)cc1. The fourth-order valence-electron chi connectivity index (χ4n) is 2.87. The Morgan fingerprint density at radius 2 is 1.79 bits per heavy atom. The lowest BCUT2D eigenvalue weighted by Crippen LogP contribution is -2.54. The zero-order chi connectivity index (χ0) is 20.3. The summed E-state index contributed by atoms with van der Waals surface area (Å²) in [7, 11) is 3.06. The van der Waals surface area contributed by atoms with Crippen molar-refractivity contribution in [3.63, 3.8) is 0 Å². The van der Waals surface area contributed by atoms with Gasteiger partial charge in [-0.3, -0.25) is 19.8 Å². The van der Waals surface area contributed by atoms with E-state index in [0.29, 0.717) is 22.7 Å². The van der Waals surface area contributed by atoms with E-state index in [-0.39, 0.29) is 10.7 Å². The standard InChI is InChI=1S/C21H20N2O4S/c1-4-13-5-8-15(9-6-13)23-20(25)17(19(24)22-21(23)28)11-14-7-10-16(26-2)12-18(14)27-3/h5-12H,4H2,1-3H3,(H,22,24,28). The largest absolute Gasteiger partial charge is 0.497 e. The number of nitrogens with one attached hydrogen (secondary N) is 1. The number of nitrogens with zero attached hydrogens (tertiary/aromatic N) is 1. The predicted octanol–water partition coefficient (Wildman–Crippen LogP) is 3.10. The van der Waals surface area contributed by atoms with Crippen molar-refractivity contribution in [1.29, 1.82) is 0 Å². The van der Waals surface area contributed by atoms with Crippen LogP contribution in [0.3, 0.4) is 0 Å². The summed E-state index contributed by atoms with van der Waals surface area (Å²) in [5, 5.41) is 2.63. The summed E-state index contributed by atoms with van der Waals surface area (Å²) in [4.78, 5) is 26.8. The normalized spacial score (nSPS) is 15.6. The highest BCUT2D eigenvalue weighted by atomic mass is 32.1. The summed E-state index contributed by atoms with van der Waals surface area (Å²) < 4.78 is 10.5. The van der Waals surface area contributed by atoms with E-state index in [1.165, 1.54) is 18.1 Å². The van der Waals surface area contributed by atoms with Gasteiger partial charge in [0.15, 0.2) is 5.11 Å². The summed E-state index contributed by atoms with van der Waals surface area (Å²) in [5.41, 5.74) is 2.29. The van der Waals surface area contributed by atoms with Gasteiger partial charge in [-0.25, -0.2) is 0 Å². The molecule has 1 fully saturated rings. The van der Waals surface area contributed by atoms with Crippen LogP contribution in [-0.4, -0.2) is 31.1 Å². The fourth-order valence-corrected chi connectivity index (χ4v) is 3.15. The van der Waals surface area contributed by atoms with Crippen LogP contribution in [0.15, 0.2) is 48.0 Å². The Balaban J connectivity index is 2.01. The molecule has 0 radical (unpaired) electrons. The number of amides is 2. The molecule has 1 N–H and O–H groups in total. The van der Waals surface area contributed by atoms with Gasteiger partial charge < -0.3 is 9.47 Å². The Morgan fingerprint density at radius 3 is 2.39 bits per heavy atom. The molecule has 3 rings (SSSR count). The molecule has 28 heavy (non-hydrogen) atoms. The van der Waals surface area contributed by atoms with Gasteiger partial charge in [0.2, 0.25) is 0 Å². The Bertz CT molecular complexity index is 967. The zero-order valence-electron chi connectivity index (χ0n) is 15.8. The first-order chi connectivity index (χ1) is 13.5. The number of hydrogen-bond acceptors (Lipinski definition) is 5. The third kappa shape index (κ3) is 3.75. The second-order valence-electron chi connectivity index (χ2n) is 6.09. The molecule has 0 aliphatic carbocycles. The van der Waals surface area contributed by atoms with E-state index in [4.69, 9.17) is 21.7 Å². The Morgan fingerprint density at radius 1 is 1.07 bits per heavy atom. The molecule has 1 aliphatic rings. The van der Waals surface area contributed by atoms with Gasteiger partial charge in [0, 0.05) is 11.6 Å². The van der Waals surface area contributed by atoms with Crippen molar-refractivity contribution < 1.29 is 19.1 Å². The van der Waals surface area contributed by atoms with Crippen LogP contribution >= 0.6 is 12.2 Å². The molecule has 0 unspecified atom stereocenters. The highest BCUT2D eigenvalue weighted by Gasteiger charge is 2.34. The molecular formula is C21H20N2O4S. The number of thiocarbonyl (C=S) groups is 1. The Labute approximate surface area is 168 Å². The maximum Gasteiger partial charge on any atom is 0.270 e. The van der Waals surface area contributed by atoms with Gasteiger partial charge in [-0.1, -0.05) is 19.1 Å². The molecule has 0 spiro atoms. The van der Waals surface area contributed by atoms with E-state index in [0.717, 1.165) is 12.0 Å². The first-order valence-corrected chi connectivity index (χ1v) is 9.11. The molecule has 1 saturated heterocycles. The number of carbonyl (C=O) groups is 2. The van der Waals surface area contributed by atoms with E-state index in [2.05, 4.69) is 12.2 Å². The van der Waals surface area contributed by atoms with E-state index in [1.54, 1.807) is 25.3 Å². The van der Waals surface area contributed by atoms with Gasteiger partial charge >= 0.3 is 0 Å². The van der Waals surface area contributed by atoms with Crippen molar-refractivity contribution >= 4 is 40.9 Å². The second-order valence-corrected chi connectivity index (χ2v) is 6.47. The maximum atomic E-state index is 13.1. The molecule has 144 valence electrons. The lowest BCUT2D eigenvalue weighted by Gasteiger charge is -2.29. The molecule has 0 aromatic heterocycles. The topological polar surface area (TPSA) is 67.9 Å². The van der Waals surface area contributed by atoms with Gasteiger partial charge in [0.25, 0.3) is 11.8 Å². The lowest BCUT2D eigenvalue weighted by atomic mass is 10.1. The van der Waals surface area contributed by atoms with Crippen LogP contribution in [0, 0.1) is 0 Å². The molecule has 6 nitrogen and oxygen atoms in total. The first-order valence-electron chi connectivity index (χ1n) is 8.71. The average molecular weight is 396 g/mol. The maximum absolute atomic E-state index is 13.1. The highest BCUT2D eigenvalue weighted by Crippen LogP contribution is 2.28. The number of carbonyl (C=O) groups excluding carboxylic acids is 2. The number of hydrogen-bond donors (Lipinski definition) is 1.